The molecule has 0 heterocycles. The molecule has 0 aromatic heterocycles. The lowest BCUT2D eigenvalue weighted by Gasteiger charge is -2.27. The molecule has 0 unspecified atom stereocenters. The topological polar surface area (TPSA) is 26.3 Å². The van der Waals surface area contributed by atoms with Crippen LogP contribution in [-0.2, 0) is 0 Å². The molecule has 0 amide bonds. The minimum absolute atomic E-state index is 0.110. The average Bonchev–Trinajstić information content (AvgIpc) is 2.34. The Morgan fingerprint density at radius 2 is 1.94 bits per heavy atom. The molecular formula is C15H19FO2. The summed E-state index contributed by atoms with van der Waals surface area (Å²) in [7, 11) is 0. The molecule has 0 bridgehead atoms. The standard InChI is InChI=1S/C15H19FO2/c1-10-3-6-13(7-4-10)18-15-8-5-12(11(2)17)9-14(15)16/h5,8-10,13H,3-4,6-7H2,1-2H3. The van der Waals surface area contributed by atoms with Crippen LogP contribution in [-0.4, -0.2) is 11.9 Å². The van der Waals surface area contributed by atoms with E-state index in [1.807, 2.05) is 0 Å². The second-order valence-electron chi connectivity index (χ2n) is 5.20. The molecular weight excluding hydrogens is 231 g/mol. The third-order valence-corrected chi connectivity index (χ3v) is 3.59. The van der Waals surface area contributed by atoms with E-state index in [2.05, 4.69) is 6.92 Å². The first-order valence-corrected chi connectivity index (χ1v) is 6.53. The van der Waals surface area contributed by atoms with Gasteiger partial charge in [-0.05, 0) is 56.7 Å². The van der Waals surface area contributed by atoms with Gasteiger partial charge in [-0.15, -0.1) is 0 Å². The van der Waals surface area contributed by atoms with E-state index in [4.69, 9.17) is 4.74 Å². The molecule has 18 heavy (non-hydrogen) atoms. The number of ketones is 1. The van der Waals surface area contributed by atoms with Crippen LogP contribution in [0.5, 0.6) is 5.75 Å². The van der Waals surface area contributed by atoms with Crippen molar-refractivity contribution in [3.63, 3.8) is 0 Å². The summed E-state index contributed by atoms with van der Waals surface area (Å²) in [6.45, 7) is 3.66. The van der Waals surface area contributed by atoms with Crippen LogP contribution in [0.4, 0.5) is 4.39 Å². The maximum atomic E-state index is 13.8. The van der Waals surface area contributed by atoms with Crippen molar-refractivity contribution in [3.05, 3.63) is 29.6 Å². The molecule has 1 aliphatic rings. The van der Waals surface area contributed by atoms with Gasteiger partial charge < -0.3 is 4.74 Å². The fourth-order valence-electron chi connectivity index (χ4n) is 2.34. The molecule has 3 heteroatoms. The van der Waals surface area contributed by atoms with Crippen molar-refractivity contribution in [2.24, 2.45) is 5.92 Å². The third kappa shape index (κ3) is 3.09. The summed E-state index contributed by atoms with van der Waals surface area (Å²) in [5.74, 6) is 0.433. The van der Waals surface area contributed by atoms with Crippen LogP contribution in [0.25, 0.3) is 0 Å². The van der Waals surface area contributed by atoms with E-state index >= 15 is 0 Å². The zero-order valence-corrected chi connectivity index (χ0v) is 10.9. The Hall–Kier alpha value is -1.38. The number of hydrogen-bond acceptors (Lipinski definition) is 2. The fraction of sp³-hybridized carbons (Fsp3) is 0.533. The summed E-state index contributed by atoms with van der Waals surface area (Å²) in [4.78, 5) is 11.1. The number of rotatable bonds is 3. The van der Waals surface area contributed by atoms with E-state index in [9.17, 15) is 9.18 Å². The van der Waals surface area contributed by atoms with Gasteiger partial charge in [0, 0.05) is 5.56 Å². The van der Waals surface area contributed by atoms with Crippen LogP contribution >= 0.6 is 0 Å². The van der Waals surface area contributed by atoms with Crippen molar-refractivity contribution < 1.29 is 13.9 Å². The number of benzene rings is 1. The second-order valence-corrected chi connectivity index (χ2v) is 5.20. The van der Waals surface area contributed by atoms with Crippen LogP contribution in [0, 0.1) is 11.7 Å². The summed E-state index contributed by atoms with van der Waals surface area (Å²) in [6.07, 6.45) is 4.35. The lowest BCUT2D eigenvalue weighted by atomic mass is 9.89. The lowest BCUT2D eigenvalue weighted by molar-refractivity contribution is 0.101. The van der Waals surface area contributed by atoms with Crippen molar-refractivity contribution in [2.45, 2.75) is 45.6 Å². The van der Waals surface area contributed by atoms with E-state index in [0.29, 0.717) is 5.56 Å². The van der Waals surface area contributed by atoms with E-state index in [-0.39, 0.29) is 17.6 Å². The van der Waals surface area contributed by atoms with Crippen LogP contribution < -0.4 is 4.74 Å². The molecule has 1 aromatic carbocycles. The molecule has 0 atom stereocenters. The van der Waals surface area contributed by atoms with Gasteiger partial charge in [0.2, 0.25) is 0 Å². The predicted molar refractivity (Wildman–Crippen MR) is 68.5 cm³/mol. The quantitative estimate of drug-likeness (QED) is 0.758. The van der Waals surface area contributed by atoms with Crippen LogP contribution in [0.15, 0.2) is 18.2 Å². The zero-order chi connectivity index (χ0) is 13.1. The molecule has 0 spiro atoms. The summed E-state index contributed by atoms with van der Waals surface area (Å²) < 4.78 is 19.4. The summed E-state index contributed by atoms with van der Waals surface area (Å²) >= 11 is 0. The van der Waals surface area contributed by atoms with Crippen molar-refractivity contribution in [1.82, 2.24) is 0 Å². The maximum Gasteiger partial charge on any atom is 0.165 e. The first-order valence-electron chi connectivity index (χ1n) is 6.53. The SMILES string of the molecule is CC(=O)c1ccc(OC2CCC(C)CC2)c(F)c1. The molecule has 2 rings (SSSR count). The van der Waals surface area contributed by atoms with E-state index in [0.717, 1.165) is 31.6 Å². The number of ether oxygens (including phenoxy) is 1. The van der Waals surface area contributed by atoms with Crippen LogP contribution in [0.1, 0.15) is 49.9 Å². The number of carbonyl (C=O) groups excluding carboxylic acids is 1. The van der Waals surface area contributed by atoms with Gasteiger partial charge in [0.1, 0.15) is 0 Å². The Morgan fingerprint density at radius 1 is 1.28 bits per heavy atom. The van der Waals surface area contributed by atoms with Gasteiger partial charge in [0.25, 0.3) is 0 Å². The monoisotopic (exact) mass is 250 g/mol. The van der Waals surface area contributed by atoms with Gasteiger partial charge >= 0.3 is 0 Å². The Labute approximate surface area is 107 Å². The van der Waals surface area contributed by atoms with E-state index < -0.39 is 5.82 Å². The highest BCUT2D eigenvalue weighted by molar-refractivity contribution is 5.94. The zero-order valence-electron chi connectivity index (χ0n) is 10.9. The van der Waals surface area contributed by atoms with Gasteiger partial charge in [-0.25, -0.2) is 4.39 Å². The molecule has 0 saturated heterocycles. The van der Waals surface area contributed by atoms with Gasteiger partial charge in [0.05, 0.1) is 6.10 Å². The molecule has 98 valence electrons. The largest absolute Gasteiger partial charge is 0.487 e. The molecule has 0 aliphatic heterocycles. The minimum atomic E-state index is -0.443. The highest BCUT2D eigenvalue weighted by atomic mass is 19.1. The van der Waals surface area contributed by atoms with Crippen molar-refractivity contribution in [3.8, 4) is 5.75 Å². The molecule has 0 radical (unpaired) electrons. The normalized spacial score (nSPS) is 23.7. The molecule has 0 N–H and O–H groups in total. The first-order chi connectivity index (χ1) is 8.56. The summed E-state index contributed by atoms with van der Waals surface area (Å²) in [5, 5.41) is 0. The van der Waals surface area contributed by atoms with E-state index in [1.54, 1.807) is 12.1 Å². The predicted octanol–water partition coefficient (Wildman–Crippen LogP) is 3.99. The van der Waals surface area contributed by atoms with E-state index in [1.165, 1.54) is 13.0 Å². The smallest absolute Gasteiger partial charge is 0.165 e. The van der Waals surface area contributed by atoms with Crippen molar-refractivity contribution in [2.75, 3.05) is 0 Å². The first kappa shape index (κ1) is 13.1. The Morgan fingerprint density at radius 3 is 2.50 bits per heavy atom. The third-order valence-electron chi connectivity index (χ3n) is 3.59. The Balaban J connectivity index is 2.03. The number of carbonyl (C=O) groups is 1. The van der Waals surface area contributed by atoms with Gasteiger partial charge in [0.15, 0.2) is 17.3 Å². The Kier molecular flexibility index (Phi) is 4.00. The van der Waals surface area contributed by atoms with Gasteiger partial charge in [-0.2, -0.15) is 0 Å². The molecule has 1 fully saturated rings. The molecule has 1 saturated carbocycles. The lowest BCUT2D eigenvalue weighted by Crippen LogP contribution is -2.23. The Bertz CT molecular complexity index is 434. The van der Waals surface area contributed by atoms with Gasteiger partial charge in [-0.3, -0.25) is 4.79 Å². The highest BCUT2D eigenvalue weighted by Crippen LogP contribution is 2.28. The summed E-state index contributed by atoms with van der Waals surface area (Å²) in [5.41, 5.74) is 0.386. The van der Waals surface area contributed by atoms with Crippen molar-refractivity contribution >= 4 is 5.78 Å². The molecule has 2 nitrogen and oxygen atoms in total. The fourth-order valence-corrected chi connectivity index (χ4v) is 2.34. The van der Waals surface area contributed by atoms with Crippen molar-refractivity contribution in [1.29, 1.82) is 0 Å². The molecule has 1 aromatic rings. The molecule has 1 aliphatic carbocycles. The van der Waals surface area contributed by atoms with Crippen LogP contribution in [0.3, 0.4) is 0 Å². The number of halogens is 1. The van der Waals surface area contributed by atoms with Gasteiger partial charge in [-0.1, -0.05) is 6.92 Å². The number of hydrogen-bond donors (Lipinski definition) is 0. The number of Topliss-reactive ketones (excluding diaryl/α,β-unsaturated/α-hetero) is 1. The highest BCUT2D eigenvalue weighted by Gasteiger charge is 2.20. The second kappa shape index (κ2) is 5.51. The summed E-state index contributed by atoms with van der Waals surface area (Å²) in [6, 6.07) is 4.43. The van der Waals surface area contributed by atoms with Crippen LogP contribution in [0.2, 0.25) is 0 Å². The minimum Gasteiger partial charge on any atom is -0.487 e. The maximum absolute atomic E-state index is 13.8. The average molecular weight is 250 g/mol.